The maximum atomic E-state index is 4.55. The summed E-state index contributed by atoms with van der Waals surface area (Å²) in [6.45, 7) is 12.3. The minimum atomic E-state index is 0.134. The average Bonchev–Trinajstić information content (AvgIpc) is 2.27. The molecule has 1 aromatic rings. The lowest BCUT2D eigenvalue weighted by Crippen LogP contribution is -2.57. The van der Waals surface area contributed by atoms with Gasteiger partial charge in [-0.2, -0.15) is 0 Å². The predicted molar refractivity (Wildman–Crippen MR) is 75.2 cm³/mol. The highest BCUT2D eigenvalue weighted by Crippen LogP contribution is 2.20. The van der Waals surface area contributed by atoms with Crippen molar-refractivity contribution in [2.75, 3.05) is 36.4 Å². The molecule has 0 amide bonds. The first-order valence-electron chi connectivity index (χ1n) is 6.60. The van der Waals surface area contributed by atoms with Gasteiger partial charge in [0.15, 0.2) is 0 Å². The molecule has 5 nitrogen and oxygen atoms in total. The molecular weight excluding hydrogens is 226 g/mol. The van der Waals surface area contributed by atoms with Crippen molar-refractivity contribution in [3.63, 3.8) is 0 Å². The van der Waals surface area contributed by atoms with Gasteiger partial charge in [0.25, 0.3) is 0 Å². The zero-order valence-corrected chi connectivity index (χ0v) is 11.7. The van der Waals surface area contributed by atoms with Gasteiger partial charge in [-0.15, -0.1) is 0 Å². The van der Waals surface area contributed by atoms with E-state index in [0.29, 0.717) is 0 Å². The fourth-order valence-electron chi connectivity index (χ4n) is 2.32. The molecule has 1 aliphatic rings. The minimum absolute atomic E-state index is 0.134. The first-order valence-corrected chi connectivity index (χ1v) is 6.60. The number of anilines is 2. The summed E-state index contributed by atoms with van der Waals surface area (Å²) in [7, 11) is 0. The van der Waals surface area contributed by atoms with Crippen molar-refractivity contribution in [3.8, 4) is 0 Å². The van der Waals surface area contributed by atoms with Gasteiger partial charge in [-0.1, -0.05) is 0 Å². The first-order chi connectivity index (χ1) is 8.50. The van der Waals surface area contributed by atoms with Crippen molar-refractivity contribution in [2.45, 2.75) is 33.2 Å². The molecule has 1 aliphatic heterocycles. The third-order valence-corrected chi connectivity index (χ3v) is 3.08. The standard InChI is InChI=1S/C13H23N5/c1-5-14-11-8-12(17-10(2)16-11)18-7-6-15-13(3,4)9-18/h8,15H,5-7,9H2,1-4H3,(H,14,16,17). The van der Waals surface area contributed by atoms with E-state index in [-0.39, 0.29) is 5.54 Å². The van der Waals surface area contributed by atoms with Crippen LogP contribution in [0.1, 0.15) is 26.6 Å². The number of aryl methyl sites for hydroxylation is 1. The topological polar surface area (TPSA) is 53.1 Å². The summed E-state index contributed by atoms with van der Waals surface area (Å²) in [6, 6.07) is 2.04. The summed E-state index contributed by atoms with van der Waals surface area (Å²) in [5.74, 6) is 2.75. The highest BCUT2D eigenvalue weighted by molar-refractivity contribution is 5.50. The second-order valence-electron chi connectivity index (χ2n) is 5.42. The Bertz CT molecular complexity index is 416. The van der Waals surface area contributed by atoms with E-state index in [9.17, 15) is 0 Å². The smallest absolute Gasteiger partial charge is 0.134 e. The number of hydrogen-bond acceptors (Lipinski definition) is 5. The summed E-state index contributed by atoms with van der Waals surface area (Å²) in [5.41, 5.74) is 0.134. The summed E-state index contributed by atoms with van der Waals surface area (Å²) < 4.78 is 0. The zero-order chi connectivity index (χ0) is 13.2. The Labute approximate surface area is 109 Å². The Balaban J connectivity index is 2.21. The quantitative estimate of drug-likeness (QED) is 0.848. The van der Waals surface area contributed by atoms with E-state index in [1.54, 1.807) is 0 Å². The number of hydrogen-bond donors (Lipinski definition) is 2. The number of piperazine rings is 1. The fourth-order valence-corrected chi connectivity index (χ4v) is 2.32. The van der Waals surface area contributed by atoms with Gasteiger partial charge in [-0.3, -0.25) is 0 Å². The van der Waals surface area contributed by atoms with Crippen LogP contribution in [0.25, 0.3) is 0 Å². The first kappa shape index (κ1) is 13.1. The van der Waals surface area contributed by atoms with Crippen molar-refractivity contribution in [3.05, 3.63) is 11.9 Å². The molecule has 0 aliphatic carbocycles. The van der Waals surface area contributed by atoms with E-state index in [1.165, 1.54) is 0 Å². The Kier molecular flexibility index (Phi) is 3.71. The third kappa shape index (κ3) is 3.10. The normalized spacial score (nSPS) is 18.8. The van der Waals surface area contributed by atoms with Gasteiger partial charge in [0.05, 0.1) is 0 Å². The van der Waals surface area contributed by atoms with Crippen molar-refractivity contribution < 1.29 is 0 Å². The highest BCUT2D eigenvalue weighted by atomic mass is 15.3. The molecule has 5 heteroatoms. The number of rotatable bonds is 3. The SMILES string of the molecule is CCNc1cc(N2CCNC(C)(C)C2)nc(C)n1. The van der Waals surface area contributed by atoms with Crippen LogP contribution in [-0.4, -0.2) is 41.7 Å². The van der Waals surface area contributed by atoms with Gasteiger partial charge in [0.1, 0.15) is 17.5 Å². The second-order valence-corrected chi connectivity index (χ2v) is 5.42. The molecule has 1 fully saturated rings. The van der Waals surface area contributed by atoms with Gasteiger partial charge in [0, 0.05) is 37.8 Å². The summed E-state index contributed by atoms with van der Waals surface area (Å²) in [5, 5.41) is 6.77. The monoisotopic (exact) mass is 249 g/mol. The molecular formula is C13H23N5. The van der Waals surface area contributed by atoms with Crippen molar-refractivity contribution >= 4 is 11.6 Å². The molecule has 100 valence electrons. The number of aromatic nitrogens is 2. The summed E-state index contributed by atoms with van der Waals surface area (Å²) in [6.07, 6.45) is 0. The molecule has 0 unspecified atom stereocenters. The van der Waals surface area contributed by atoms with Gasteiger partial charge < -0.3 is 15.5 Å². The van der Waals surface area contributed by atoms with E-state index in [2.05, 4.69) is 46.3 Å². The molecule has 2 heterocycles. The van der Waals surface area contributed by atoms with Gasteiger partial charge >= 0.3 is 0 Å². The van der Waals surface area contributed by atoms with Crippen LogP contribution in [0.2, 0.25) is 0 Å². The van der Waals surface area contributed by atoms with Crippen LogP contribution in [0.15, 0.2) is 6.07 Å². The van der Waals surface area contributed by atoms with Crippen LogP contribution in [0, 0.1) is 6.92 Å². The van der Waals surface area contributed by atoms with E-state index < -0.39 is 0 Å². The van der Waals surface area contributed by atoms with Crippen LogP contribution < -0.4 is 15.5 Å². The molecule has 18 heavy (non-hydrogen) atoms. The van der Waals surface area contributed by atoms with E-state index in [0.717, 1.165) is 43.6 Å². The van der Waals surface area contributed by atoms with Crippen LogP contribution >= 0.6 is 0 Å². The molecule has 0 radical (unpaired) electrons. The molecule has 2 N–H and O–H groups in total. The highest BCUT2D eigenvalue weighted by Gasteiger charge is 2.26. The number of nitrogens with one attached hydrogen (secondary N) is 2. The molecule has 0 saturated carbocycles. The van der Waals surface area contributed by atoms with Crippen LogP contribution in [0.5, 0.6) is 0 Å². The third-order valence-electron chi connectivity index (χ3n) is 3.08. The molecule has 0 aromatic carbocycles. The lowest BCUT2D eigenvalue weighted by molar-refractivity contribution is 0.351. The van der Waals surface area contributed by atoms with Crippen LogP contribution in [0.3, 0.4) is 0 Å². The largest absolute Gasteiger partial charge is 0.370 e. The lowest BCUT2D eigenvalue weighted by atomic mass is 10.0. The fraction of sp³-hybridized carbons (Fsp3) is 0.692. The lowest BCUT2D eigenvalue weighted by Gasteiger charge is -2.39. The molecule has 2 rings (SSSR count). The molecule has 0 spiro atoms. The molecule has 0 bridgehead atoms. The average molecular weight is 249 g/mol. The van der Waals surface area contributed by atoms with Crippen LogP contribution in [-0.2, 0) is 0 Å². The van der Waals surface area contributed by atoms with Crippen molar-refractivity contribution in [2.24, 2.45) is 0 Å². The minimum Gasteiger partial charge on any atom is -0.370 e. The number of nitrogens with zero attached hydrogens (tertiary/aromatic N) is 3. The maximum Gasteiger partial charge on any atom is 0.134 e. The van der Waals surface area contributed by atoms with Gasteiger partial charge in [-0.25, -0.2) is 9.97 Å². The zero-order valence-electron chi connectivity index (χ0n) is 11.7. The summed E-state index contributed by atoms with van der Waals surface area (Å²) >= 11 is 0. The molecule has 1 aromatic heterocycles. The van der Waals surface area contributed by atoms with E-state index in [1.807, 2.05) is 13.0 Å². The van der Waals surface area contributed by atoms with Gasteiger partial charge in [0.2, 0.25) is 0 Å². The van der Waals surface area contributed by atoms with Crippen molar-refractivity contribution in [1.82, 2.24) is 15.3 Å². The molecule has 0 atom stereocenters. The Hall–Kier alpha value is -1.36. The van der Waals surface area contributed by atoms with Crippen molar-refractivity contribution in [1.29, 1.82) is 0 Å². The Morgan fingerprint density at radius 2 is 2.22 bits per heavy atom. The summed E-state index contributed by atoms with van der Waals surface area (Å²) in [4.78, 5) is 11.3. The van der Waals surface area contributed by atoms with Crippen LogP contribution in [0.4, 0.5) is 11.6 Å². The maximum absolute atomic E-state index is 4.55. The Morgan fingerprint density at radius 3 is 2.89 bits per heavy atom. The molecule has 1 saturated heterocycles. The van der Waals surface area contributed by atoms with E-state index in [4.69, 9.17) is 0 Å². The van der Waals surface area contributed by atoms with E-state index >= 15 is 0 Å². The van der Waals surface area contributed by atoms with Gasteiger partial charge in [-0.05, 0) is 27.7 Å². The second kappa shape index (κ2) is 5.10. The Morgan fingerprint density at radius 1 is 1.44 bits per heavy atom. The predicted octanol–water partition coefficient (Wildman–Crippen LogP) is 1.41.